The van der Waals surface area contributed by atoms with Gasteiger partial charge in [0.15, 0.2) is 0 Å². The molecule has 1 unspecified atom stereocenters. The predicted octanol–water partition coefficient (Wildman–Crippen LogP) is 3.60. The molecule has 0 amide bonds. The molecule has 1 N–H and O–H groups in total. The second-order valence-electron chi connectivity index (χ2n) is 9.26. The zero-order valence-corrected chi connectivity index (χ0v) is 19.5. The van der Waals surface area contributed by atoms with Gasteiger partial charge in [0.25, 0.3) is 5.56 Å². The Balaban J connectivity index is 1.74. The molecule has 1 aliphatic carbocycles. The molecule has 0 spiro atoms. The first kappa shape index (κ1) is 23.1. The van der Waals surface area contributed by atoms with E-state index in [-0.39, 0.29) is 5.56 Å². The highest BCUT2D eigenvalue weighted by molar-refractivity contribution is 6.00. The van der Waals surface area contributed by atoms with Crippen molar-refractivity contribution in [3.8, 4) is 0 Å². The summed E-state index contributed by atoms with van der Waals surface area (Å²) in [5.74, 6) is 2.06. The Bertz CT molecular complexity index is 759. The zero-order chi connectivity index (χ0) is 21.5. The van der Waals surface area contributed by atoms with E-state index in [4.69, 9.17) is 4.98 Å². The first-order valence-corrected chi connectivity index (χ1v) is 12.1. The van der Waals surface area contributed by atoms with Crippen LogP contribution in [0, 0.1) is 12.8 Å². The third-order valence-electron chi connectivity index (χ3n) is 6.60. The van der Waals surface area contributed by atoms with Crippen LogP contribution >= 0.6 is 0 Å². The summed E-state index contributed by atoms with van der Waals surface area (Å²) in [6.45, 7) is 12.6. The molecule has 2 aliphatic rings. The summed E-state index contributed by atoms with van der Waals surface area (Å²) in [5.41, 5.74) is 2.54. The second kappa shape index (κ2) is 11.2. The summed E-state index contributed by atoms with van der Waals surface area (Å²) in [7, 11) is 2.20. The molecular weight excluding hydrogens is 374 g/mol. The molecule has 2 heterocycles. The summed E-state index contributed by atoms with van der Waals surface area (Å²) in [6, 6.07) is 0. The molecule has 6 nitrogen and oxygen atoms in total. The van der Waals surface area contributed by atoms with Crippen LogP contribution in [0.1, 0.15) is 81.8 Å². The van der Waals surface area contributed by atoms with Crippen LogP contribution in [-0.4, -0.2) is 71.8 Å². The number of H-pyrrole nitrogens is 1. The van der Waals surface area contributed by atoms with Crippen molar-refractivity contribution in [2.75, 3.05) is 46.3 Å². The largest absolute Gasteiger partial charge is 0.310 e. The number of hydrogen-bond acceptors (Lipinski definition) is 5. The molecular formula is C24H41N5O. The Labute approximate surface area is 182 Å². The third-order valence-corrected chi connectivity index (χ3v) is 6.60. The van der Waals surface area contributed by atoms with Gasteiger partial charge in [0.05, 0.1) is 11.4 Å². The van der Waals surface area contributed by atoms with Crippen molar-refractivity contribution in [1.82, 2.24) is 19.8 Å². The van der Waals surface area contributed by atoms with Gasteiger partial charge >= 0.3 is 0 Å². The standard InChI is InChI=1S/C24H41N5O/c1-5-8-21(25-6-2)22-18(3)24(30)27-23(26-22)20(17-19-10-11-19)9-7-12-29-15-13-28(4)14-16-29/h19-20H,5-17H2,1-4H3,(H,26,27,30). The Morgan fingerprint density at radius 1 is 1.23 bits per heavy atom. The van der Waals surface area contributed by atoms with Crippen LogP contribution in [-0.2, 0) is 0 Å². The molecule has 0 radical (unpaired) electrons. The normalized spacial score (nSPS) is 19.9. The topological polar surface area (TPSA) is 64.6 Å². The van der Waals surface area contributed by atoms with E-state index >= 15 is 0 Å². The number of piperazine rings is 1. The predicted molar refractivity (Wildman–Crippen MR) is 125 cm³/mol. The molecule has 2 fully saturated rings. The molecule has 0 bridgehead atoms. The Kier molecular flexibility index (Phi) is 8.63. The van der Waals surface area contributed by atoms with Gasteiger partial charge in [-0.15, -0.1) is 0 Å². The zero-order valence-electron chi connectivity index (χ0n) is 19.5. The number of hydrogen-bond donors (Lipinski definition) is 1. The minimum absolute atomic E-state index is 0.00905. The average Bonchev–Trinajstić information content (AvgIpc) is 3.55. The summed E-state index contributed by atoms with van der Waals surface area (Å²) in [6.07, 6.45) is 7.97. The number of aromatic nitrogens is 2. The maximum absolute atomic E-state index is 12.8. The smallest absolute Gasteiger partial charge is 0.254 e. The maximum atomic E-state index is 12.8. The molecule has 0 aromatic carbocycles. The van der Waals surface area contributed by atoms with E-state index in [9.17, 15) is 4.79 Å². The molecule has 1 saturated carbocycles. The first-order chi connectivity index (χ1) is 14.5. The van der Waals surface area contributed by atoms with Gasteiger partial charge in [-0.3, -0.25) is 9.79 Å². The van der Waals surface area contributed by atoms with Crippen molar-refractivity contribution in [3.63, 3.8) is 0 Å². The minimum atomic E-state index is 0.00905. The quantitative estimate of drug-likeness (QED) is 0.561. The lowest BCUT2D eigenvalue weighted by Gasteiger charge is -2.32. The van der Waals surface area contributed by atoms with Gasteiger partial charge in [0, 0.05) is 44.2 Å². The molecule has 3 rings (SSSR count). The number of aromatic amines is 1. The number of aliphatic imine (C=N–C) groups is 1. The highest BCUT2D eigenvalue weighted by Gasteiger charge is 2.28. The number of rotatable bonds is 11. The fourth-order valence-corrected chi connectivity index (χ4v) is 4.48. The Morgan fingerprint density at radius 3 is 2.60 bits per heavy atom. The van der Waals surface area contributed by atoms with Gasteiger partial charge < -0.3 is 14.8 Å². The van der Waals surface area contributed by atoms with Gasteiger partial charge in [-0.2, -0.15) is 0 Å². The van der Waals surface area contributed by atoms with Crippen LogP contribution in [0.5, 0.6) is 0 Å². The van der Waals surface area contributed by atoms with Crippen molar-refractivity contribution in [2.45, 2.75) is 71.6 Å². The van der Waals surface area contributed by atoms with Crippen LogP contribution in [0.4, 0.5) is 0 Å². The molecule has 1 atom stereocenters. The van der Waals surface area contributed by atoms with Gasteiger partial charge in [-0.25, -0.2) is 4.98 Å². The Morgan fingerprint density at radius 2 is 1.97 bits per heavy atom. The Hall–Kier alpha value is -1.53. The minimum Gasteiger partial charge on any atom is -0.310 e. The third kappa shape index (κ3) is 6.48. The maximum Gasteiger partial charge on any atom is 0.254 e. The van der Waals surface area contributed by atoms with Crippen LogP contribution < -0.4 is 5.56 Å². The number of nitrogens with one attached hydrogen (secondary N) is 1. The van der Waals surface area contributed by atoms with Crippen molar-refractivity contribution in [1.29, 1.82) is 0 Å². The highest BCUT2D eigenvalue weighted by atomic mass is 16.1. The van der Waals surface area contributed by atoms with Gasteiger partial charge in [-0.1, -0.05) is 26.2 Å². The number of likely N-dealkylation sites (N-methyl/N-ethyl adjacent to an activating group) is 1. The van der Waals surface area contributed by atoms with Gasteiger partial charge in [0.2, 0.25) is 0 Å². The highest BCUT2D eigenvalue weighted by Crippen LogP contribution is 2.39. The lowest BCUT2D eigenvalue weighted by atomic mass is 9.95. The SMILES string of the molecule is CCCC(=NCC)c1nc(C(CCCN2CCN(C)CC2)CC2CC2)[nH]c(=O)c1C. The van der Waals surface area contributed by atoms with E-state index in [1.807, 2.05) is 13.8 Å². The van der Waals surface area contributed by atoms with E-state index in [0.717, 1.165) is 61.9 Å². The second-order valence-corrected chi connectivity index (χ2v) is 9.26. The lowest BCUT2D eigenvalue weighted by Crippen LogP contribution is -2.44. The average molecular weight is 416 g/mol. The van der Waals surface area contributed by atoms with Crippen molar-refractivity contribution < 1.29 is 0 Å². The molecule has 168 valence electrons. The van der Waals surface area contributed by atoms with Gasteiger partial charge in [0.1, 0.15) is 5.82 Å². The first-order valence-electron chi connectivity index (χ1n) is 12.1. The van der Waals surface area contributed by atoms with E-state index in [1.54, 1.807) is 0 Å². The fourth-order valence-electron chi connectivity index (χ4n) is 4.48. The van der Waals surface area contributed by atoms with Crippen LogP contribution in [0.3, 0.4) is 0 Å². The van der Waals surface area contributed by atoms with E-state index in [1.165, 1.54) is 45.4 Å². The van der Waals surface area contributed by atoms with Crippen molar-refractivity contribution in [3.05, 3.63) is 27.4 Å². The lowest BCUT2D eigenvalue weighted by molar-refractivity contribution is 0.151. The molecule has 1 aromatic heterocycles. The summed E-state index contributed by atoms with van der Waals surface area (Å²) in [5, 5.41) is 0. The molecule has 30 heavy (non-hydrogen) atoms. The van der Waals surface area contributed by atoms with E-state index in [2.05, 4.69) is 33.7 Å². The van der Waals surface area contributed by atoms with Gasteiger partial charge in [-0.05, 0) is 59.0 Å². The molecule has 6 heteroatoms. The summed E-state index contributed by atoms with van der Waals surface area (Å²) < 4.78 is 0. The summed E-state index contributed by atoms with van der Waals surface area (Å²) >= 11 is 0. The van der Waals surface area contributed by atoms with Crippen LogP contribution in [0.15, 0.2) is 9.79 Å². The van der Waals surface area contributed by atoms with Crippen molar-refractivity contribution >= 4 is 5.71 Å². The molecule has 1 aliphatic heterocycles. The van der Waals surface area contributed by atoms with Crippen molar-refractivity contribution in [2.24, 2.45) is 10.9 Å². The van der Waals surface area contributed by atoms with Crippen LogP contribution in [0.25, 0.3) is 0 Å². The summed E-state index contributed by atoms with van der Waals surface area (Å²) in [4.78, 5) is 30.6. The molecule has 1 saturated heterocycles. The van der Waals surface area contributed by atoms with E-state index in [0.29, 0.717) is 11.5 Å². The van der Waals surface area contributed by atoms with E-state index < -0.39 is 0 Å². The molecule has 1 aromatic rings. The fraction of sp³-hybridized carbons (Fsp3) is 0.792. The monoisotopic (exact) mass is 415 g/mol. The number of nitrogens with zero attached hydrogens (tertiary/aromatic N) is 4. The van der Waals surface area contributed by atoms with Crippen LogP contribution in [0.2, 0.25) is 0 Å².